The van der Waals surface area contributed by atoms with Crippen molar-refractivity contribution in [3.63, 3.8) is 0 Å². The van der Waals surface area contributed by atoms with Crippen molar-refractivity contribution in [2.75, 3.05) is 12.4 Å². The van der Waals surface area contributed by atoms with E-state index in [4.69, 9.17) is 16.3 Å². The van der Waals surface area contributed by atoms with Crippen molar-refractivity contribution in [2.45, 2.75) is 18.7 Å². The molecular weight excluding hydrogens is 244 g/mol. The van der Waals surface area contributed by atoms with Crippen molar-refractivity contribution in [1.82, 2.24) is 0 Å². The van der Waals surface area contributed by atoms with Crippen LogP contribution in [-0.4, -0.2) is 18.3 Å². The molecule has 88 valence electrons. The van der Waals surface area contributed by atoms with E-state index in [1.54, 1.807) is 11.8 Å². The molecule has 0 heterocycles. The quantitative estimate of drug-likeness (QED) is 0.596. The van der Waals surface area contributed by atoms with Crippen LogP contribution in [0, 0.1) is 5.92 Å². The lowest BCUT2D eigenvalue weighted by molar-refractivity contribution is -0.146. The maximum atomic E-state index is 11.4. The maximum absolute atomic E-state index is 11.4. The first-order valence-electron chi connectivity index (χ1n) is 5.18. The van der Waals surface area contributed by atoms with Gasteiger partial charge in [-0.25, -0.2) is 0 Å². The molecular formula is C12H15ClO2S. The van der Waals surface area contributed by atoms with Crippen molar-refractivity contribution >= 4 is 29.3 Å². The first kappa shape index (κ1) is 13.4. The van der Waals surface area contributed by atoms with Crippen molar-refractivity contribution < 1.29 is 9.53 Å². The Bertz CT molecular complexity index is 337. The third kappa shape index (κ3) is 4.45. The highest BCUT2D eigenvalue weighted by Crippen LogP contribution is 2.22. The normalized spacial score (nSPS) is 12.2. The summed E-state index contributed by atoms with van der Waals surface area (Å²) in [4.78, 5) is 12.5. The molecule has 0 saturated carbocycles. The van der Waals surface area contributed by atoms with Gasteiger partial charge < -0.3 is 4.74 Å². The molecule has 1 aromatic rings. The van der Waals surface area contributed by atoms with Crippen molar-refractivity contribution in [3.8, 4) is 0 Å². The van der Waals surface area contributed by atoms with Gasteiger partial charge in [-0.1, -0.05) is 18.5 Å². The molecule has 1 aromatic carbocycles. The Morgan fingerprint density at radius 1 is 1.44 bits per heavy atom. The minimum atomic E-state index is -0.135. The molecule has 0 aliphatic rings. The van der Waals surface area contributed by atoms with Crippen LogP contribution in [0.4, 0.5) is 0 Å². The van der Waals surface area contributed by atoms with E-state index in [0.29, 0.717) is 6.61 Å². The van der Waals surface area contributed by atoms with E-state index in [9.17, 15) is 4.79 Å². The third-order valence-corrected chi connectivity index (χ3v) is 3.53. The molecule has 0 aliphatic carbocycles. The summed E-state index contributed by atoms with van der Waals surface area (Å²) in [6, 6.07) is 7.59. The van der Waals surface area contributed by atoms with E-state index in [-0.39, 0.29) is 11.9 Å². The highest BCUT2D eigenvalue weighted by Gasteiger charge is 2.13. The summed E-state index contributed by atoms with van der Waals surface area (Å²) in [5, 5.41) is 0.725. The van der Waals surface area contributed by atoms with E-state index in [1.807, 2.05) is 38.1 Å². The van der Waals surface area contributed by atoms with E-state index >= 15 is 0 Å². The molecule has 4 heteroatoms. The fraction of sp³-hybridized carbons (Fsp3) is 0.417. The fourth-order valence-electron chi connectivity index (χ4n) is 1.10. The fourth-order valence-corrected chi connectivity index (χ4v) is 2.14. The molecule has 0 spiro atoms. The van der Waals surface area contributed by atoms with E-state index in [0.717, 1.165) is 15.7 Å². The Hall–Kier alpha value is -0.670. The molecule has 0 aliphatic heterocycles. The number of halogens is 1. The standard InChI is InChI=1S/C12H15ClO2S/c1-3-15-12(14)9(2)8-16-11-6-4-10(13)5-7-11/h4-7,9H,3,8H2,1-2H3. The number of hydrogen-bond donors (Lipinski definition) is 0. The minimum absolute atomic E-state index is 0.0828. The number of carbonyl (C=O) groups is 1. The summed E-state index contributed by atoms with van der Waals surface area (Å²) in [6.07, 6.45) is 0. The van der Waals surface area contributed by atoms with Crippen LogP contribution < -0.4 is 0 Å². The summed E-state index contributed by atoms with van der Waals surface area (Å²) >= 11 is 7.41. The van der Waals surface area contributed by atoms with Gasteiger partial charge in [0.25, 0.3) is 0 Å². The largest absolute Gasteiger partial charge is 0.466 e. The van der Waals surface area contributed by atoms with Gasteiger partial charge in [0.1, 0.15) is 0 Å². The molecule has 0 bridgehead atoms. The Balaban J connectivity index is 2.39. The Kier molecular flexibility index (Phi) is 5.71. The first-order valence-corrected chi connectivity index (χ1v) is 6.55. The second-order valence-corrected chi connectivity index (χ2v) is 4.95. The number of carbonyl (C=O) groups excluding carboxylic acids is 1. The van der Waals surface area contributed by atoms with Crippen LogP contribution in [-0.2, 0) is 9.53 Å². The second-order valence-electron chi connectivity index (χ2n) is 3.42. The molecule has 0 saturated heterocycles. The second kappa shape index (κ2) is 6.81. The summed E-state index contributed by atoms with van der Waals surface area (Å²) in [6.45, 7) is 4.13. The van der Waals surface area contributed by atoms with Crippen molar-refractivity contribution in [3.05, 3.63) is 29.3 Å². The molecule has 1 atom stereocenters. The summed E-state index contributed by atoms with van der Waals surface area (Å²) in [7, 11) is 0. The van der Waals surface area contributed by atoms with Gasteiger partial charge in [0.05, 0.1) is 12.5 Å². The highest BCUT2D eigenvalue weighted by molar-refractivity contribution is 7.99. The van der Waals surface area contributed by atoms with Crippen molar-refractivity contribution in [2.24, 2.45) is 5.92 Å². The summed E-state index contributed by atoms with van der Waals surface area (Å²) in [5.41, 5.74) is 0. The van der Waals surface area contributed by atoms with Gasteiger partial charge in [-0.2, -0.15) is 0 Å². The Morgan fingerprint density at radius 2 is 2.06 bits per heavy atom. The third-order valence-electron chi connectivity index (χ3n) is 2.00. The lowest BCUT2D eigenvalue weighted by Crippen LogP contribution is -2.16. The molecule has 2 nitrogen and oxygen atoms in total. The average Bonchev–Trinajstić information content (AvgIpc) is 2.28. The van der Waals surface area contributed by atoms with Gasteiger partial charge in [-0.15, -0.1) is 11.8 Å². The SMILES string of the molecule is CCOC(=O)C(C)CSc1ccc(Cl)cc1. The number of rotatable bonds is 5. The van der Waals surface area contributed by atoms with E-state index in [2.05, 4.69) is 0 Å². The monoisotopic (exact) mass is 258 g/mol. The number of hydrogen-bond acceptors (Lipinski definition) is 3. The molecule has 16 heavy (non-hydrogen) atoms. The van der Waals surface area contributed by atoms with Crippen LogP contribution in [0.25, 0.3) is 0 Å². The predicted molar refractivity (Wildman–Crippen MR) is 68.0 cm³/mol. The van der Waals surface area contributed by atoms with Gasteiger partial charge >= 0.3 is 5.97 Å². The smallest absolute Gasteiger partial charge is 0.309 e. The summed E-state index contributed by atoms with van der Waals surface area (Å²) in [5.74, 6) is 0.505. The highest BCUT2D eigenvalue weighted by atomic mass is 35.5. The minimum Gasteiger partial charge on any atom is -0.466 e. The zero-order valence-electron chi connectivity index (χ0n) is 9.40. The van der Waals surface area contributed by atoms with Crippen molar-refractivity contribution in [1.29, 1.82) is 0 Å². The Morgan fingerprint density at radius 3 is 2.62 bits per heavy atom. The average molecular weight is 259 g/mol. The van der Waals surface area contributed by atoms with Crippen LogP contribution in [0.5, 0.6) is 0 Å². The predicted octanol–water partition coefficient (Wildman–Crippen LogP) is 3.63. The number of esters is 1. The molecule has 1 unspecified atom stereocenters. The van der Waals surface area contributed by atoms with Crippen LogP contribution in [0.1, 0.15) is 13.8 Å². The lowest BCUT2D eigenvalue weighted by atomic mass is 10.2. The van der Waals surface area contributed by atoms with Gasteiger partial charge in [0.2, 0.25) is 0 Å². The van der Waals surface area contributed by atoms with E-state index in [1.165, 1.54) is 0 Å². The van der Waals surface area contributed by atoms with E-state index < -0.39 is 0 Å². The number of thioether (sulfide) groups is 1. The van der Waals surface area contributed by atoms with Gasteiger partial charge in [0.15, 0.2) is 0 Å². The first-order chi connectivity index (χ1) is 7.63. The number of benzene rings is 1. The van der Waals surface area contributed by atoms with Crippen LogP contribution in [0.15, 0.2) is 29.2 Å². The zero-order chi connectivity index (χ0) is 12.0. The molecule has 1 rings (SSSR count). The molecule has 0 fully saturated rings. The van der Waals surface area contributed by atoms with Gasteiger partial charge in [0, 0.05) is 15.7 Å². The summed E-state index contributed by atoms with van der Waals surface area (Å²) < 4.78 is 4.94. The lowest BCUT2D eigenvalue weighted by Gasteiger charge is -2.09. The molecule has 0 aromatic heterocycles. The molecule has 0 amide bonds. The maximum Gasteiger partial charge on any atom is 0.309 e. The molecule has 0 radical (unpaired) electrons. The van der Waals surface area contributed by atoms with Crippen LogP contribution in [0.2, 0.25) is 5.02 Å². The van der Waals surface area contributed by atoms with Crippen LogP contribution in [0.3, 0.4) is 0 Å². The molecule has 0 N–H and O–H groups in total. The Labute approximate surface area is 105 Å². The van der Waals surface area contributed by atoms with Crippen LogP contribution >= 0.6 is 23.4 Å². The zero-order valence-corrected chi connectivity index (χ0v) is 11.0. The van der Waals surface area contributed by atoms with Gasteiger partial charge in [-0.3, -0.25) is 4.79 Å². The number of ether oxygens (including phenoxy) is 1. The topological polar surface area (TPSA) is 26.3 Å². The van der Waals surface area contributed by atoms with Gasteiger partial charge in [-0.05, 0) is 31.2 Å².